The summed E-state index contributed by atoms with van der Waals surface area (Å²) in [6.45, 7) is 18.5. The van der Waals surface area contributed by atoms with Gasteiger partial charge in [-0.2, -0.15) is 0 Å². The first-order chi connectivity index (χ1) is 22.7. The molecule has 0 amide bonds. The number of hydrogen-bond donors (Lipinski definition) is 0. The van der Waals surface area contributed by atoms with Crippen LogP contribution in [0.4, 0.5) is 0 Å². The van der Waals surface area contributed by atoms with Gasteiger partial charge in [0.2, 0.25) is 0 Å². The number of esters is 2. The zero-order chi connectivity index (χ0) is 35.5. The van der Waals surface area contributed by atoms with Crippen molar-refractivity contribution in [3.05, 3.63) is 95.6 Å². The fourth-order valence-electron chi connectivity index (χ4n) is 6.14. The van der Waals surface area contributed by atoms with Gasteiger partial charge in [-0.15, -0.1) is 11.8 Å². The maximum Gasteiger partial charge on any atom is 0.333 e. The Morgan fingerprint density at radius 2 is 1.58 bits per heavy atom. The molecule has 0 bridgehead atoms. The Kier molecular flexibility index (Phi) is 15.0. The van der Waals surface area contributed by atoms with E-state index in [0.29, 0.717) is 24.4 Å². The van der Waals surface area contributed by atoms with Crippen molar-refractivity contribution >= 4 is 42.4 Å². The highest BCUT2D eigenvalue weighted by Crippen LogP contribution is 2.40. The summed E-state index contributed by atoms with van der Waals surface area (Å²) in [5.74, 6) is -0.169. The monoisotopic (exact) mass is 692 g/mol. The first-order valence-electron chi connectivity index (χ1n) is 17.0. The zero-order valence-electron chi connectivity index (χ0n) is 30.6. The number of carbonyl (C=O) groups is 2. The highest BCUT2D eigenvalue weighted by Gasteiger charge is 2.53. The van der Waals surface area contributed by atoms with Gasteiger partial charge in [0.25, 0.3) is 8.32 Å². The average molecular weight is 693 g/mol. The summed E-state index contributed by atoms with van der Waals surface area (Å²) in [7, 11) is -3.13. The Morgan fingerprint density at radius 1 is 1.00 bits per heavy atom. The first-order valence-corrected chi connectivity index (χ1v) is 20.3. The standard InChI is InChI=1S/C40H56O6SSi/c1-11-29(4)34-24-22-30(5)37(46-48(40(7,8)9,32-18-14-12-15-19-32)33-20-16-13-17-21-33)38(45-36(41)26-28(2)3)35(43-27-47-10)25-23-31(6)39(42)44-34/h11-23,28,34-35,37-38H,24-27H2,1-10H3/b29-11-,30-22-,31-23-. The van der Waals surface area contributed by atoms with E-state index in [1.165, 1.54) is 0 Å². The van der Waals surface area contributed by atoms with Gasteiger partial charge in [0.05, 0.1) is 5.94 Å². The molecular weight excluding hydrogens is 637 g/mol. The van der Waals surface area contributed by atoms with Crippen molar-refractivity contribution in [3.63, 3.8) is 0 Å². The van der Waals surface area contributed by atoms with Crippen LogP contribution in [0.2, 0.25) is 5.04 Å². The second-order valence-electron chi connectivity index (χ2n) is 14.1. The van der Waals surface area contributed by atoms with Gasteiger partial charge in [-0.05, 0) is 72.8 Å². The number of hydrogen-bond acceptors (Lipinski definition) is 7. The molecule has 1 aliphatic heterocycles. The van der Waals surface area contributed by atoms with Gasteiger partial charge < -0.3 is 18.6 Å². The Balaban J connectivity index is 2.38. The summed E-state index contributed by atoms with van der Waals surface area (Å²) in [5.41, 5.74) is 2.34. The van der Waals surface area contributed by atoms with Gasteiger partial charge >= 0.3 is 11.9 Å². The van der Waals surface area contributed by atoms with Gasteiger partial charge in [-0.1, -0.05) is 114 Å². The first kappa shape index (κ1) is 39.5. The number of rotatable bonds is 11. The van der Waals surface area contributed by atoms with Gasteiger partial charge in [-0.25, -0.2) is 4.79 Å². The predicted molar refractivity (Wildman–Crippen MR) is 201 cm³/mol. The molecule has 1 heterocycles. The lowest BCUT2D eigenvalue weighted by molar-refractivity contribution is -0.164. The molecule has 0 radical (unpaired) electrons. The van der Waals surface area contributed by atoms with Crippen LogP contribution in [0.1, 0.15) is 81.6 Å². The molecule has 0 fully saturated rings. The average Bonchev–Trinajstić information content (AvgIpc) is 3.05. The van der Waals surface area contributed by atoms with Crippen molar-refractivity contribution in [1.29, 1.82) is 0 Å². The van der Waals surface area contributed by atoms with E-state index in [1.807, 2.05) is 65.2 Å². The van der Waals surface area contributed by atoms with Gasteiger partial charge in [0, 0.05) is 18.4 Å². The van der Waals surface area contributed by atoms with Crippen LogP contribution in [0.15, 0.2) is 95.6 Å². The lowest BCUT2D eigenvalue weighted by Crippen LogP contribution is -2.69. The van der Waals surface area contributed by atoms with Gasteiger partial charge in [0.1, 0.15) is 18.3 Å². The minimum absolute atomic E-state index is 0.114. The van der Waals surface area contributed by atoms with E-state index in [-0.39, 0.29) is 29.3 Å². The van der Waals surface area contributed by atoms with E-state index in [2.05, 4.69) is 75.4 Å². The normalized spacial score (nSPS) is 24.0. The van der Waals surface area contributed by atoms with E-state index in [0.717, 1.165) is 21.5 Å². The molecule has 4 unspecified atom stereocenters. The number of thioether (sulfide) groups is 1. The predicted octanol–water partition coefficient (Wildman–Crippen LogP) is 8.16. The van der Waals surface area contributed by atoms with Crippen LogP contribution in [-0.2, 0) is 28.2 Å². The molecular formula is C40H56O6SSi. The Morgan fingerprint density at radius 3 is 2.08 bits per heavy atom. The van der Waals surface area contributed by atoms with Crippen molar-refractivity contribution in [2.24, 2.45) is 5.92 Å². The van der Waals surface area contributed by atoms with Crippen LogP contribution >= 0.6 is 11.8 Å². The zero-order valence-corrected chi connectivity index (χ0v) is 32.4. The van der Waals surface area contributed by atoms with Crippen molar-refractivity contribution < 1.29 is 28.2 Å². The lowest BCUT2D eigenvalue weighted by Gasteiger charge is -2.47. The van der Waals surface area contributed by atoms with Crippen molar-refractivity contribution in [2.45, 2.75) is 111 Å². The van der Waals surface area contributed by atoms with Crippen LogP contribution in [0.5, 0.6) is 0 Å². The summed E-state index contributed by atoms with van der Waals surface area (Å²) in [4.78, 5) is 26.9. The Labute approximate surface area is 294 Å². The maximum atomic E-state index is 13.6. The number of cyclic esters (lactones) is 1. The van der Waals surface area contributed by atoms with Crippen molar-refractivity contribution in [2.75, 3.05) is 12.2 Å². The molecule has 0 spiro atoms. The lowest BCUT2D eigenvalue weighted by atomic mass is 9.95. The Bertz CT molecular complexity index is 1390. The molecule has 48 heavy (non-hydrogen) atoms. The number of allylic oxidation sites excluding steroid dienone is 1. The molecule has 4 atom stereocenters. The van der Waals surface area contributed by atoms with E-state index in [1.54, 1.807) is 18.7 Å². The number of carbonyl (C=O) groups excluding carboxylic acids is 2. The topological polar surface area (TPSA) is 71.1 Å². The minimum Gasteiger partial charge on any atom is -0.456 e. The van der Waals surface area contributed by atoms with Crippen LogP contribution < -0.4 is 10.4 Å². The molecule has 1 aliphatic rings. The van der Waals surface area contributed by atoms with E-state index < -0.39 is 32.7 Å². The molecule has 2 aromatic rings. The summed E-state index contributed by atoms with van der Waals surface area (Å²) in [6, 6.07) is 21.0. The highest BCUT2D eigenvalue weighted by atomic mass is 32.2. The fraction of sp³-hybridized carbons (Fsp3) is 0.500. The summed E-state index contributed by atoms with van der Waals surface area (Å²) >= 11 is 1.55. The summed E-state index contributed by atoms with van der Waals surface area (Å²) < 4.78 is 26.8. The largest absolute Gasteiger partial charge is 0.456 e. The van der Waals surface area contributed by atoms with E-state index in [4.69, 9.17) is 18.6 Å². The fourth-order valence-corrected chi connectivity index (χ4v) is 11.2. The Hall–Kier alpha value is -2.91. The molecule has 262 valence electrons. The minimum atomic E-state index is -3.13. The summed E-state index contributed by atoms with van der Waals surface area (Å²) in [6.07, 6.45) is 6.45. The van der Waals surface area contributed by atoms with E-state index in [9.17, 15) is 9.59 Å². The maximum absolute atomic E-state index is 13.6. The van der Waals surface area contributed by atoms with Crippen molar-refractivity contribution in [3.8, 4) is 0 Å². The van der Waals surface area contributed by atoms with Gasteiger partial charge in [-0.3, -0.25) is 4.79 Å². The molecule has 0 aliphatic carbocycles. The van der Waals surface area contributed by atoms with E-state index >= 15 is 0 Å². The molecule has 0 aromatic heterocycles. The van der Waals surface area contributed by atoms with Crippen molar-refractivity contribution in [1.82, 2.24) is 0 Å². The van der Waals surface area contributed by atoms with Crippen LogP contribution in [-0.4, -0.2) is 56.9 Å². The van der Waals surface area contributed by atoms with Crippen LogP contribution in [0.25, 0.3) is 0 Å². The third kappa shape index (κ3) is 10.1. The summed E-state index contributed by atoms with van der Waals surface area (Å²) in [5, 5.41) is 1.94. The molecule has 0 saturated heterocycles. The third-order valence-electron chi connectivity index (χ3n) is 8.92. The van der Waals surface area contributed by atoms with Crippen LogP contribution in [0, 0.1) is 5.92 Å². The third-order valence-corrected chi connectivity index (χ3v) is 14.3. The molecule has 6 nitrogen and oxygen atoms in total. The molecule has 0 N–H and O–H groups in total. The quantitative estimate of drug-likeness (QED) is 0.102. The van der Waals surface area contributed by atoms with Crippen LogP contribution in [0.3, 0.4) is 0 Å². The molecule has 3 rings (SSSR count). The number of benzene rings is 2. The molecule has 8 heteroatoms. The second-order valence-corrected chi connectivity index (χ2v) is 19.2. The molecule has 2 aromatic carbocycles. The molecule has 0 saturated carbocycles. The smallest absolute Gasteiger partial charge is 0.333 e. The van der Waals surface area contributed by atoms with Gasteiger partial charge in [0.15, 0.2) is 6.10 Å². The highest BCUT2D eigenvalue weighted by molar-refractivity contribution is 7.98. The SMILES string of the molecule is C/C=C(/C)C1C/C=C(/C)C(O[Si](c2ccccc2)(c2ccccc2)C(C)(C)C)C(OC(=O)CC(C)C)C(OCSC)C/C=C(/C)C(=O)O1. The number of ether oxygens (including phenoxy) is 3. The second kappa shape index (κ2) is 18.2.